The fraction of sp³-hybridized carbons (Fsp3) is 0.235. The van der Waals surface area contributed by atoms with E-state index in [2.05, 4.69) is 9.97 Å². The number of halogens is 1. The van der Waals surface area contributed by atoms with Gasteiger partial charge in [0.25, 0.3) is 11.9 Å². The number of hydrogen-bond donors (Lipinski definition) is 0. The van der Waals surface area contributed by atoms with Gasteiger partial charge < -0.3 is 14.2 Å². The van der Waals surface area contributed by atoms with Crippen LogP contribution in [0, 0.1) is 5.82 Å². The van der Waals surface area contributed by atoms with Gasteiger partial charge in [-0.25, -0.2) is 9.37 Å². The Bertz CT molecular complexity index is 854. The van der Waals surface area contributed by atoms with Crippen LogP contribution in [-0.4, -0.2) is 47.0 Å². The van der Waals surface area contributed by atoms with Crippen LogP contribution in [0.3, 0.4) is 0 Å². The van der Waals surface area contributed by atoms with E-state index in [1.54, 1.807) is 29.3 Å². The number of amides is 1. The molecule has 7 heteroatoms. The normalized spacial score (nSPS) is 15.0. The fourth-order valence-corrected chi connectivity index (χ4v) is 2.80. The number of pyridine rings is 1. The summed E-state index contributed by atoms with van der Waals surface area (Å²) in [4.78, 5) is 24.7. The van der Waals surface area contributed by atoms with E-state index in [9.17, 15) is 9.18 Å². The van der Waals surface area contributed by atoms with Crippen molar-refractivity contribution in [1.82, 2.24) is 14.9 Å². The third-order valence-electron chi connectivity index (χ3n) is 4.06. The quantitative estimate of drug-likeness (QED) is 0.723. The lowest BCUT2D eigenvalue weighted by Gasteiger charge is -2.33. The van der Waals surface area contributed by atoms with Crippen molar-refractivity contribution < 1.29 is 13.6 Å². The molecule has 0 spiro atoms. The standard InChI is InChI=1S/C17H15FN4O2/c18-13-4-1-3-12(11-13)16(23)21-7-9-22(10-8-21)17-20-15-14(24-17)5-2-6-19-15/h1-6,11H,7-10H2. The zero-order valence-corrected chi connectivity index (χ0v) is 12.9. The highest BCUT2D eigenvalue weighted by atomic mass is 19.1. The third kappa shape index (κ3) is 2.68. The summed E-state index contributed by atoms with van der Waals surface area (Å²) in [5.74, 6) is -0.563. The minimum Gasteiger partial charge on any atom is -0.422 e. The van der Waals surface area contributed by atoms with Crippen LogP contribution >= 0.6 is 0 Å². The van der Waals surface area contributed by atoms with Gasteiger partial charge in [-0.1, -0.05) is 6.07 Å². The van der Waals surface area contributed by atoms with Crippen LogP contribution in [0.5, 0.6) is 0 Å². The first-order chi connectivity index (χ1) is 11.7. The van der Waals surface area contributed by atoms with Crippen LogP contribution in [-0.2, 0) is 0 Å². The zero-order valence-electron chi connectivity index (χ0n) is 12.9. The highest BCUT2D eigenvalue weighted by molar-refractivity contribution is 5.94. The molecule has 6 nitrogen and oxygen atoms in total. The Morgan fingerprint density at radius 3 is 2.71 bits per heavy atom. The van der Waals surface area contributed by atoms with Crippen molar-refractivity contribution in [2.24, 2.45) is 0 Å². The predicted molar refractivity (Wildman–Crippen MR) is 86.3 cm³/mol. The van der Waals surface area contributed by atoms with Crippen LogP contribution in [0.25, 0.3) is 11.2 Å². The maximum absolute atomic E-state index is 13.3. The number of hydrogen-bond acceptors (Lipinski definition) is 5. The number of rotatable bonds is 2. The molecule has 0 N–H and O–H groups in total. The topological polar surface area (TPSA) is 62.5 Å². The molecular weight excluding hydrogens is 311 g/mol. The summed E-state index contributed by atoms with van der Waals surface area (Å²) in [6, 6.07) is 9.91. The minimum absolute atomic E-state index is 0.159. The summed E-state index contributed by atoms with van der Waals surface area (Å²) >= 11 is 0. The maximum Gasteiger partial charge on any atom is 0.300 e. The Labute approximate surface area is 137 Å². The minimum atomic E-state index is -0.404. The van der Waals surface area contributed by atoms with E-state index in [-0.39, 0.29) is 5.91 Å². The van der Waals surface area contributed by atoms with Gasteiger partial charge in [-0.15, -0.1) is 0 Å². The van der Waals surface area contributed by atoms with E-state index >= 15 is 0 Å². The Kier molecular flexibility index (Phi) is 3.60. The monoisotopic (exact) mass is 326 g/mol. The van der Waals surface area contributed by atoms with E-state index in [1.165, 1.54) is 12.1 Å². The second-order valence-corrected chi connectivity index (χ2v) is 5.61. The van der Waals surface area contributed by atoms with Crippen LogP contribution < -0.4 is 4.90 Å². The van der Waals surface area contributed by atoms with E-state index in [0.717, 1.165) is 0 Å². The average molecular weight is 326 g/mol. The molecule has 0 aliphatic carbocycles. The van der Waals surface area contributed by atoms with E-state index in [1.807, 2.05) is 11.0 Å². The van der Waals surface area contributed by atoms with Gasteiger partial charge in [-0.3, -0.25) is 4.79 Å². The van der Waals surface area contributed by atoms with Gasteiger partial charge in [-0.2, -0.15) is 4.98 Å². The summed E-state index contributed by atoms with van der Waals surface area (Å²) < 4.78 is 19.0. The van der Waals surface area contributed by atoms with Gasteiger partial charge in [0.1, 0.15) is 5.82 Å². The zero-order chi connectivity index (χ0) is 16.5. The Morgan fingerprint density at radius 2 is 1.96 bits per heavy atom. The van der Waals surface area contributed by atoms with Crippen LogP contribution in [0.4, 0.5) is 10.4 Å². The van der Waals surface area contributed by atoms with Crippen LogP contribution in [0.15, 0.2) is 47.0 Å². The third-order valence-corrected chi connectivity index (χ3v) is 4.06. The van der Waals surface area contributed by atoms with Gasteiger partial charge in [-0.05, 0) is 30.3 Å². The molecule has 1 aromatic carbocycles. The fourth-order valence-electron chi connectivity index (χ4n) is 2.80. The maximum atomic E-state index is 13.3. The van der Waals surface area contributed by atoms with Crippen molar-refractivity contribution in [3.05, 3.63) is 54.0 Å². The largest absolute Gasteiger partial charge is 0.422 e. The number of fused-ring (bicyclic) bond motifs is 1. The van der Waals surface area contributed by atoms with Gasteiger partial charge in [0.2, 0.25) is 5.65 Å². The molecule has 1 saturated heterocycles. The Morgan fingerprint density at radius 1 is 1.12 bits per heavy atom. The first-order valence-corrected chi connectivity index (χ1v) is 7.72. The number of aromatic nitrogens is 2. The lowest BCUT2D eigenvalue weighted by Crippen LogP contribution is -2.48. The molecule has 0 radical (unpaired) electrons. The Balaban J connectivity index is 1.45. The van der Waals surface area contributed by atoms with Crippen LogP contribution in [0.2, 0.25) is 0 Å². The highest BCUT2D eigenvalue weighted by Gasteiger charge is 2.25. The summed E-state index contributed by atoms with van der Waals surface area (Å²) in [6.45, 7) is 2.27. The number of benzene rings is 1. The molecule has 0 unspecified atom stereocenters. The smallest absolute Gasteiger partial charge is 0.300 e. The Hall–Kier alpha value is -2.96. The van der Waals surface area contributed by atoms with E-state index < -0.39 is 5.82 Å². The van der Waals surface area contributed by atoms with Crippen molar-refractivity contribution in [2.45, 2.75) is 0 Å². The molecule has 1 aliphatic heterocycles. The summed E-state index contributed by atoms with van der Waals surface area (Å²) in [6.07, 6.45) is 1.67. The molecular formula is C17H15FN4O2. The van der Waals surface area contributed by atoms with Gasteiger partial charge in [0.15, 0.2) is 5.58 Å². The molecule has 24 heavy (non-hydrogen) atoms. The molecule has 3 aromatic rings. The van der Waals surface area contributed by atoms with Crippen LogP contribution in [0.1, 0.15) is 10.4 Å². The van der Waals surface area contributed by atoms with Gasteiger partial charge in [0.05, 0.1) is 0 Å². The van der Waals surface area contributed by atoms with Crippen molar-refractivity contribution in [1.29, 1.82) is 0 Å². The van der Waals surface area contributed by atoms with Crippen molar-refractivity contribution in [3.8, 4) is 0 Å². The van der Waals surface area contributed by atoms with E-state index in [0.29, 0.717) is 49.0 Å². The molecule has 122 valence electrons. The number of carbonyl (C=O) groups excluding carboxylic acids is 1. The second-order valence-electron chi connectivity index (χ2n) is 5.61. The van der Waals surface area contributed by atoms with E-state index in [4.69, 9.17) is 4.42 Å². The molecule has 4 rings (SSSR count). The summed E-state index contributed by atoms with van der Waals surface area (Å²) in [5.41, 5.74) is 1.59. The van der Waals surface area contributed by atoms with Crippen molar-refractivity contribution >= 4 is 23.2 Å². The van der Waals surface area contributed by atoms with Crippen molar-refractivity contribution in [3.63, 3.8) is 0 Å². The predicted octanol–water partition coefficient (Wildman–Crippen LogP) is 2.32. The highest BCUT2D eigenvalue weighted by Crippen LogP contribution is 2.21. The first-order valence-electron chi connectivity index (χ1n) is 7.72. The SMILES string of the molecule is O=C(c1cccc(F)c1)N1CCN(c2nc3ncccc3o2)CC1. The number of oxazole rings is 1. The van der Waals surface area contributed by atoms with Gasteiger partial charge >= 0.3 is 0 Å². The molecule has 1 aliphatic rings. The average Bonchev–Trinajstić information content (AvgIpc) is 3.05. The number of carbonyl (C=O) groups is 1. The van der Waals surface area contributed by atoms with Gasteiger partial charge in [0, 0.05) is 37.9 Å². The first kappa shape index (κ1) is 14.6. The number of piperazine rings is 1. The second kappa shape index (κ2) is 5.92. The summed E-state index contributed by atoms with van der Waals surface area (Å²) in [5, 5.41) is 0. The lowest BCUT2D eigenvalue weighted by molar-refractivity contribution is 0.0744. The summed E-state index contributed by atoms with van der Waals surface area (Å²) in [7, 11) is 0. The number of anilines is 1. The van der Waals surface area contributed by atoms with Crippen molar-refractivity contribution in [2.75, 3.05) is 31.1 Å². The molecule has 1 amide bonds. The lowest BCUT2D eigenvalue weighted by atomic mass is 10.2. The molecule has 3 heterocycles. The number of nitrogens with zero attached hydrogens (tertiary/aromatic N) is 4. The molecule has 0 bridgehead atoms. The molecule has 2 aromatic heterocycles. The molecule has 1 fully saturated rings. The molecule has 0 atom stereocenters. The molecule has 0 saturated carbocycles.